The van der Waals surface area contributed by atoms with Crippen LogP contribution in [-0.4, -0.2) is 36.8 Å². The maximum atomic E-state index is 12.0. The van der Waals surface area contributed by atoms with Crippen LogP contribution in [0.3, 0.4) is 0 Å². The van der Waals surface area contributed by atoms with Gasteiger partial charge < -0.3 is 14.8 Å². The number of halogens is 1. The molecule has 1 aromatic carbocycles. The SMILES string of the molecule is O=C(COCC1CCCO1)Nc1c(Cl)ccc2cnccc12. The summed E-state index contributed by atoms with van der Waals surface area (Å²) in [6.07, 6.45) is 5.56. The number of amides is 1. The summed E-state index contributed by atoms with van der Waals surface area (Å²) in [7, 11) is 0. The third kappa shape index (κ3) is 3.55. The third-order valence-corrected chi connectivity index (χ3v) is 3.91. The number of nitrogens with zero attached hydrogens (tertiary/aromatic N) is 1. The Bertz CT molecular complexity index is 671. The van der Waals surface area contributed by atoms with Crippen LogP contribution in [0.15, 0.2) is 30.6 Å². The number of carbonyl (C=O) groups is 1. The summed E-state index contributed by atoms with van der Waals surface area (Å²) in [6.45, 7) is 1.21. The fourth-order valence-electron chi connectivity index (χ4n) is 2.50. The minimum absolute atomic E-state index is 0.0162. The van der Waals surface area contributed by atoms with Gasteiger partial charge in [0.05, 0.1) is 23.4 Å². The quantitative estimate of drug-likeness (QED) is 0.920. The molecule has 116 valence electrons. The van der Waals surface area contributed by atoms with Crippen molar-refractivity contribution in [3.8, 4) is 0 Å². The van der Waals surface area contributed by atoms with Crippen LogP contribution in [0.25, 0.3) is 10.8 Å². The highest BCUT2D eigenvalue weighted by Crippen LogP contribution is 2.30. The molecule has 2 aromatic rings. The predicted octanol–water partition coefficient (Wildman–Crippen LogP) is 3.02. The summed E-state index contributed by atoms with van der Waals surface area (Å²) >= 11 is 6.19. The van der Waals surface area contributed by atoms with E-state index < -0.39 is 0 Å². The fraction of sp³-hybridized carbons (Fsp3) is 0.375. The van der Waals surface area contributed by atoms with Gasteiger partial charge in [0.1, 0.15) is 6.61 Å². The van der Waals surface area contributed by atoms with Gasteiger partial charge in [-0.2, -0.15) is 0 Å². The Labute approximate surface area is 133 Å². The Morgan fingerprint density at radius 1 is 1.45 bits per heavy atom. The van der Waals surface area contributed by atoms with E-state index in [0.29, 0.717) is 17.3 Å². The van der Waals surface area contributed by atoms with Crippen molar-refractivity contribution >= 4 is 34.0 Å². The van der Waals surface area contributed by atoms with Crippen LogP contribution in [-0.2, 0) is 14.3 Å². The second-order valence-electron chi connectivity index (χ2n) is 5.22. The molecule has 0 radical (unpaired) electrons. The van der Waals surface area contributed by atoms with Gasteiger partial charge in [0.2, 0.25) is 5.91 Å². The smallest absolute Gasteiger partial charge is 0.250 e. The highest BCUT2D eigenvalue weighted by molar-refractivity contribution is 6.35. The van der Waals surface area contributed by atoms with Crippen molar-refractivity contribution in [1.82, 2.24) is 4.98 Å². The second-order valence-corrected chi connectivity index (χ2v) is 5.62. The lowest BCUT2D eigenvalue weighted by Crippen LogP contribution is -2.22. The van der Waals surface area contributed by atoms with E-state index >= 15 is 0 Å². The zero-order valence-corrected chi connectivity index (χ0v) is 12.8. The van der Waals surface area contributed by atoms with E-state index in [0.717, 1.165) is 30.2 Å². The average Bonchev–Trinajstić information content (AvgIpc) is 3.03. The van der Waals surface area contributed by atoms with Gasteiger partial charge in [-0.05, 0) is 25.0 Å². The van der Waals surface area contributed by atoms with Crippen LogP contribution >= 0.6 is 11.6 Å². The highest BCUT2D eigenvalue weighted by Gasteiger charge is 2.16. The molecule has 0 spiro atoms. The maximum Gasteiger partial charge on any atom is 0.250 e. The molecule has 1 atom stereocenters. The zero-order chi connectivity index (χ0) is 15.4. The standard InChI is InChI=1S/C16H17ClN2O3/c17-14-4-3-11-8-18-6-5-13(11)16(14)19-15(20)10-21-9-12-2-1-7-22-12/h3-6,8,12H,1-2,7,9-10H2,(H,19,20). The Kier molecular flexibility index (Phi) is 4.87. The summed E-state index contributed by atoms with van der Waals surface area (Å²) in [5.74, 6) is -0.232. The van der Waals surface area contributed by atoms with Crippen LogP contribution < -0.4 is 5.32 Å². The Hall–Kier alpha value is -1.69. The molecule has 1 fully saturated rings. The molecule has 1 N–H and O–H groups in total. The molecule has 2 heterocycles. The maximum absolute atomic E-state index is 12.0. The van der Waals surface area contributed by atoms with Crippen molar-refractivity contribution < 1.29 is 14.3 Å². The Balaban J connectivity index is 1.62. The molecule has 1 aromatic heterocycles. The number of anilines is 1. The van der Waals surface area contributed by atoms with Gasteiger partial charge in [-0.15, -0.1) is 0 Å². The van der Waals surface area contributed by atoms with Gasteiger partial charge in [0, 0.05) is 29.8 Å². The number of ether oxygens (including phenoxy) is 2. The zero-order valence-electron chi connectivity index (χ0n) is 12.0. The van der Waals surface area contributed by atoms with Crippen molar-refractivity contribution in [2.45, 2.75) is 18.9 Å². The van der Waals surface area contributed by atoms with Crippen LogP contribution in [0.2, 0.25) is 5.02 Å². The minimum Gasteiger partial charge on any atom is -0.376 e. The number of fused-ring (bicyclic) bond motifs is 1. The molecule has 0 saturated carbocycles. The first kappa shape index (κ1) is 15.2. The van der Waals surface area contributed by atoms with E-state index in [9.17, 15) is 4.79 Å². The van der Waals surface area contributed by atoms with Crippen molar-refractivity contribution in [3.05, 3.63) is 35.6 Å². The van der Waals surface area contributed by atoms with Crippen molar-refractivity contribution in [2.24, 2.45) is 0 Å². The molecule has 0 bridgehead atoms. The Morgan fingerprint density at radius 3 is 3.18 bits per heavy atom. The Morgan fingerprint density at radius 2 is 2.36 bits per heavy atom. The van der Waals surface area contributed by atoms with Crippen LogP contribution in [0, 0.1) is 0 Å². The van der Waals surface area contributed by atoms with E-state index in [-0.39, 0.29) is 18.6 Å². The fourth-order valence-corrected chi connectivity index (χ4v) is 2.72. The minimum atomic E-state index is -0.232. The van der Waals surface area contributed by atoms with Crippen LogP contribution in [0.4, 0.5) is 5.69 Å². The molecule has 0 aliphatic carbocycles. The third-order valence-electron chi connectivity index (χ3n) is 3.59. The lowest BCUT2D eigenvalue weighted by atomic mass is 10.1. The summed E-state index contributed by atoms with van der Waals surface area (Å²) < 4.78 is 10.9. The predicted molar refractivity (Wildman–Crippen MR) is 85.2 cm³/mol. The van der Waals surface area contributed by atoms with Gasteiger partial charge in [0.15, 0.2) is 0 Å². The number of benzene rings is 1. The van der Waals surface area contributed by atoms with E-state index in [4.69, 9.17) is 21.1 Å². The first-order valence-electron chi connectivity index (χ1n) is 7.25. The van der Waals surface area contributed by atoms with Gasteiger partial charge in [-0.1, -0.05) is 17.7 Å². The normalized spacial score (nSPS) is 17.8. The molecule has 5 nitrogen and oxygen atoms in total. The van der Waals surface area contributed by atoms with Crippen molar-refractivity contribution in [1.29, 1.82) is 0 Å². The number of hydrogen-bond donors (Lipinski definition) is 1. The second kappa shape index (κ2) is 7.05. The van der Waals surface area contributed by atoms with E-state index in [1.165, 1.54) is 0 Å². The topological polar surface area (TPSA) is 60.5 Å². The average molecular weight is 321 g/mol. The molecule has 1 aliphatic heterocycles. The molecule has 22 heavy (non-hydrogen) atoms. The number of pyridine rings is 1. The first-order valence-corrected chi connectivity index (χ1v) is 7.63. The monoisotopic (exact) mass is 320 g/mol. The molecule has 3 rings (SSSR count). The number of rotatable bonds is 5. The van der Waals surface area contributed by atoms with Crippen molar-refractivity contribution in [2.75, 3.05) is 25.1 Å². The van der Waals surface area contributed by atoms with Crippen LogP contribution in [0.1, 0.15) is 12.8 Å². The molecule has 1 amide bonds. The summed E-state index contributed by atoms with van der Waals surface area (Å²) in [6, 6.07) is 5.44. The molecule has 6 heteroatoms. The van der Waals surface area contributed by atoms with Gasteiger partial charge in [-0.3, -0.25) is 9.78 Å². The van der Waals surface area contributed by atoms with Crippen LogP contribution in [0.5, 0.6) is 0 Å². The summed E-state index contributed by atoms with van der Waals surface area (Å²) in [5.41, 5.74) is 0.590. The summed E-state index contributed by atoms with van der Waals surface area (Å²) in [4.78, 5) is 16.1. The molecule has 1 aliphatic rings. The van der Waals surface area contributed by atoms with Gasteiger partial charge >= 0.3 is 0 Å². The number of nitrogens with one attached hydrogen (secondary N) is 1. The summed E-state index contributed by atoms with van der Waals surface area (Å²) in [5, 5.41) is 5.08. The molecule has 1 saturated heterocycles. The number of aromatic nitrogens is 1. The molecular weight excluding hydrogens is 304 g/mol. The highest BCUT2D eigenvalue weighted by atomic mass is 35.5. The molecular formula is C16H17ClN2O3. The molecule has 1 unspecified atom stereocenters. The largest absolute Gasteiger partial charge is 0.376 e. The number of carbonyl (C=O) groups excluding carboxylic acids is 1. The first-order chi connectivity index (χ1) is 10.7. The van der Waals surface area contributed by atoms with Gasteiger partial charge in [0.25, 0.3) is 0 Å². The number of hydrogen-bond acceptors (Lipinski definition) is 4. The lowest BCUT2D eigenvalue weighted by Gasteiger charge is -2.12. The van der Waals surface area contributed by atoms with E-state index in [1.54, 1.807) is 18.5 Å². The van der Waals surface area contributed by atoms with Gasteiger partial charge in [-0.25, -0.2) is 0 Å². The lowest BCUT2D eigenvalue weighted by molar-refractivity contribution is -0.121. The van der Waals surface area contributed by atoms with E-state index in [1.807, 2.05) is 12.1 Å². The van der Waals surface area contributed by atoms with E-state index in [2.05, 4.69) is 10.3 Å². The van der Waals surface area contributed by atoms with Crippen molar-refractivity contribution in [3.63, 3.8) is 0 Å².